The number of benzene rings is 3. The van der Waals surface area contributed by atoms with E-state index >= 15 is 0 Å². The summed E-state index contributed by atoms with van der Waals surface area (Å²) in [5.41, 5.74) is 1.24. The first-order valence-corrected chi connectivity index (χ1v) is 11.0. The van der Waals surface area contributed by atoms with Gasteiger partial charge in [0.05, 0.1) is 21.9 Å². The van der Waals surface area contributed by atoms with E-state index in [1.807, 2.05) is 0 Å². The minimum Gasteiger partial charge on any atom is -0.450 e. The van der Waals surface area contributed by atoms with Crippen LogP contribution in [0.5, 0.6) is 0 Å². The summed E-state index contributed by atoms with van der Waals surface area (Å²) in [5.74, 6) is -0.483. The molecule has 5 rings (SSSR count). The van der Waals surface area contributed by atoms with Crippen LogP contribution < -0.4 is 10.3 Å². The van der Waals surface area contributed by atoms with E-state index in [0.29, 0.717) is 26.7 Å². The number of nitrogens with zero attached hydrogens (tertiary/aromatic N) is 2. The average molecular weight is 556 g/mol. The number of halogens is 2. The van der Waals surface area contributed by atoms with E-state index in [0.717, 1.165) is 4.47 Å². The summed E-state index contributed by atoms with van der Waals surface area (Å²) in [6.45, 7) is 0. The zero-order valence-electron chi connectivity index (χ0n) is 16.1. The number of hydrogen-bond donors (Lipinski definition) is 0. The predicted molar refractivity (Wildman–Crippen MR) is 126 cm³/mol. The Morgan fingerprint density at radius 3 is 2.22 bits per heavy atom. The monoisotopic (exact) mass is 554 g/mol. The van der Waals surface area contributed by atoms with Gasteiger partial charge >= 0.3 is 0 Å². The van der Waals surface area contributed by atoms with Crippen molar-refractivity contribution in [2.75, 3.05) is 4.90 Å². The van der Waals surface area contributed by atoms with Gasteiger partial charge in [-0.2, -0.15) is 0 Å². The largest absolute Gasteiger partial charge is 0.450 e. The van der Waals surface area contributed by atoms with Gasteiger partial charge in [0.25, 0.3) is 11.6 Å². The zero-order chi connectivity index (χ0) is 22.6. The summed E-state index contributed by atoms with van der Waals surface area (Å²) in [5, 5.41) is 11.4. The van der Waals surface area contributed by atoms with Gasteiger partial charge in [-0.25, -0.2) is 0 Å². The Kier molecular flexibility index (Phi) is 4.94. The molecule has 1 atom stereocenters. The summed E-state index contributed by atoms with van der Waals surface area (Å²) >= 11 is 6.76. The van der Waals surface area contributed by atoms with E-state index in [1.54, 1.807) is 54.6 Å². The van der Waals surface area contributed by atoms with Crippen molar-refractivity contribution in [2.45, 2.75) is 6.04 Å². The van der Waals surface area contributed by atoms with Crippen LogP contribution >= 0.6 is 31.9 Å². The fourth-order valence-electron chi connectivity index (χ4n) is 3.91. The molecule has 0 saturated heterocycles. The standard InChI is InChI=1S/C23H12Br2N2O5/c24-13-3-8-15(9-4-13)26-20(12-1-6-16(7-2-12)27(30)31)19-21(28)17-11-14(25)5-10-18(17)32-22(19)23(26)29/h1-11,20H. The van der Waals surface area contributed by atoms with Crippen molar-refractivity contribution >= 4 is 60.1 Å². The molecule has 32 heavy (non-hydrogen) atoms. The number of nitro groups is 1. The maximum atomic E-state index is 13.5. The average Bonchev–Trinajstić information content (AvgIpc) is 3.07. The minimum atomic E-state index is -0.792. The van der Waals surface area contributed by atoms with Crippen molar-refractivity contribution in [1.82, 2.24) is 0 Å². The molecular weight excluding hydrogens is 544 g/mol. The second kappa shape index (κ2) is 7.68. The molecule has 158 valence electrons. The highest BCUT2D eigenvalue weighted by atomic mass is 79.9. The number of fused-ring (bicyclic) bond motifs is 2. The molecule has 0 radical (unpaired) electrons. The van der Waals surface area contributed by atoms with E-state index in [-0.39, 0.29) is 22.4 Å². The lowest BCUT2D eigenvalue weighted by Gasteiger charge is -2.25. The Morgan fingerprint density at radius 1 is 0.906 bits per heavy atom. The van der Waals surface area contributed by atoms with Crippen LogP contribution in [0, 0.1) is 10.1 Å². The molecule has 1 amide bonds. The molecule has 0 spiro atoms. The first kappa shape index (κ1) is 20.6. The zero-order valence-corrected chi connectivity index (χ0v) is 19.3. The molecule has 3 aromatic carbocycles. The third-order valence-corrected chi connectivity index (χ3v) is 6.38. The van der Waals surface area contributed by atoms with Crippen molar-refractivity contribution in [3.05, 3.63) is 113 Å². The van der Waals surface area contributed by atoms with Crippen molar-refractivity contribution in [3.63, 3.8) is 0 Å². The Labute approximate surface area is 197 Å². The maximum absolute atomic E-state index is 13.5. The summed E-state index contributed by atoms with van der Waals surface area (Å²) < 4.78 is 7.45. The highest BCUT2D eigenvalue weighted by Crippen LogP contribution is 2.41. The summed E-state index contributed by atoms with van der Waals surface area (Å²) in [7, 11) is 0. The third kappa shape index (κ3) is 3.25. The lowest BCUT2D eigenvalue weighted by atomic mass is 9.98. The van der Waals surface area contributed by atoms with Crippen molar-refractivity contribution in [2.24, 2.45) is 0 Å². The molecule has 2 heterocycles. The summed E-state index contributed by atoms with van der Waals surface area (Å²) in [4.78, 5) is 39.1. The normalized spacial score (nSPS) is 15.2. The molecule has 0 aliphatic carbocycles. The quantitative estimate of drug-likeness (QED) is 0.229. The lowest BCUT2D eigenvalue weighted by Crippen LogP contribution is -2.29. The van der Waals surface area contributed by atoms with Gasteiger partial charge in [0.15, 0.2) is 5.43 Å². The van der Waals surface area contributed by atoms with Crippen LogP contribution in [-0.4, -0.2) is 10.8 Å². The predicted octanol–water partition coefficient (Wildman–Crippen LogP) is 5.98. The summed E-state index contributed by atoms with van der Waals surface area (Å²) in [6, 6.07) is 17.2. The van der Waals surface area contributed by atoms with E-state index in [2.05, 4.69) is 31.9 Å². The molecule has 4 aromatic rings. The van der Waals surface area contributed by atoms with Gasteiger partial charge in [0.1, 0.15) is 5.58 Å². The molecule has 1 aliphatic rings. The number of hydrogen-bond acceptors (Lipinski definition) is 5. The highest BCUT2D eigenvalue weighted by molar-refractivity contribution is 9.10. The van der Waals surface area contributed by atoms with Gasteiger partial charge in [0, 0.05) is 26.8 Å². The first-order chi connectivity index (χ1) is 15.3. The number of carbonyl (C=O) groups is 1. The van der Waals surface area contributed by atoms with Crippen LogP contribution in [0.1, 0.15) is 27.7 Å². The number of non-ortho nitro benzene ring substituents is 1. The van der Waals surface area contributed by atoms with Crippen LogP contribution in [0.25, 0.3) is 11.0 Å². The van der Waals surface area contributed by atoms with Gasteiger partial charge in [-0.05, 0) is 60.2 Å². The van der Waals surface area contributed by atoms with Crippen LogP contribution in [0.4, 0.5) is 11.4 Å². The molecular formula is C23H12Br2N2O5. The molecule has 0 N–H and O–H groups in total. The fourth-order valence-corrected chi connectivity index (χ4v) is 4.53. The molecule has 1 aromatic heterocycles. The van der Waals surface area contributed by atoms with E-state index in [1.165, 1.54) is 17.0 Å². The maximum Gasteiger partial charge on any atom is 0.295 e. The second-order valence-electron chi connectivity index (χ2n) is 7.22. The Hall–Kier alpha value is -3.30. The van der Waals surface area contributed by atoms with Crippen molar-refractivity contribution in [3.8, 4) is 0 Å². The minimum absolute atomic E-state index is 0.0314. The Bertz CT molecular complexity index is 1460. The fraction of sp³-hybridized carbons (Fsp3) is 0.0435. The van der Waals surface area contributed by atoms with Gasteiger partial charge in [0.2, 0.25) is 5.76 Å². The van der Waals surface area contributed by atoms with Gasteiger partial charge in [-0.15, -0.1) is 0 Å². The molecule has 1 unspecified atom stereocenters. The molecule has 9 heteroatoms. The summed E-state index contributed by atoms with van der Waals surface area (Å²) in [6.07, 6.45) is 0. The second-order valence-corrected chi connectivity index (χ2v) is 9.05. The number of nitro benzene ring substituents is 1. The molecule has 0 fully saturated rings. The lowest BCUT2D eigenvalue weighted by molar-refractivity contribution is -0.384. The molecule has 0 bridgehead atoms. The topological polar surface area (TPSA) is 93.7 Å². The smallest absolute Gasteiger partial charge is 0.295 e. The number of amides is 1. The number of anilines is 1. The van der Waals surface area contributed by atoms with Gasteiger partial charge in [-0.3, -0.25) is 24.6 Å². The van der Waals surface area contributed by atoms with E-state index in [4.69, 9.17) is 4.42 Å². The van der Waals surface area contributed by atoms with Crippen molar-refractivity contribution < 1.29 is 14.1 Å². The highest BCUT2D eigenvalue weighted by Gasteiger charge is 2.43. The third-order valence-electron chi connectivity index (χ3n) is 5.36. The van der Waals surface area contributed by atoms with Crippen molar-refractivity contribution in [1.29, 1.82) is 0 Å². The van der Waals surface area contributed by atoms with Crippen LogP contribution in [0.15, 0.2) is 84.9 Å². The number of rotatable bonds is 3. The Balaban J connectivity index is 1.78. The van der Waals surface area contributed by atoms with E-state index in [9.17, 15) is 19.7 Å². The Morgan fingerprint density at radius 2 is 1.56 bits per heavy atom. The molecule has 7 nitrogen and oxygen atoms in total. The number of carbonyl (C=O) groups excluding carboxylic acids is 1. The van der Waals surface area contributed by atoms with Crippen LogP contribution in [0.3, 0.4) is 0 Å². The molecule has 0 saturated carbocycles. The van der Waals surface area contributed by atoms with E-state index < -0.39 is 16.9 Å². The SMILES string of the molecule is O=C1c2oc3ccc(Br)cc3c(=O)c2C(c2ccc([N+](=O)[O-])cc2)N1c1ccc(Br)cc1. The van der Waals surface area contributed by atoms with Gasteiger partial charge in [-0.1, -0.05) is 31.9 Å². The molecule has 1 aliphatic heterocycles. The van der Waals surface area contributed by atoms with Gasteiger partial charge < -0.3 is 4.42 Å². The van der Waals surface area contributed by atoms with Crippen LogP contribution in [-0.2, 0) is 0 Å². The first-order valence-electron chi connectivity index (χ1n) is 9.45. The van der Waals surface area contributed by atoms with Crippen LogP contribution in [0.2, 0.25) is 0 Å².